The highest BCUT2D eigenvalue weighted by Crippen LogP contribution is 2.36. The number of amides is 2. The van der Waals surface area contributed by atoms with Crippen LogP contribution in [0.3, 0.4) is 0 Å². The molecule has 3 heterocycles. The maximum atomic E-state index is 13.4. The van der Waals surface area contributed by atoms with Gasteiger partial charge in [-0.15, -0.1) is 11.3 Å². The number of carbonyl (C=O) groups excluding carboxylic acids is 2. The van der Waals surface area contributed by atoms with E-state index in [0.29, 0.717) is 17.0 Å². The number of thiophene rings is 1. The zero-order valence-corrected chi connectivity index (χ0v) is 16.5. The van der Waals surface area contributed by atoms with Crippen LogP contribution in [0.5, 0.6) is 0 Å². The van der Waals surface area contributed by atoms with Gasteiger partial charge in [-0.1, -0.05) is 30.7 Å². The molecule has 0 unspecified atom stereocenters. The first-order valence-electron chi connectivity index (χ1n) is 9.31. The van der Waals surface area contributed by atoms with Crippen LogP contribution in [0.15, 0.2) is 47.5 Å². The second kappa shape index (κ2) is 7.29. The molecule has 6 heteroatoms. The third-order valence-electron chi connectivity index (χ3n) is 5.25. The zero-order chi connectivity index (χ0) is 19.0. The number of benzene rings is 1. The van der Waals surface area contributed by atoms with Gasteiger partial charge in [0.25, 0.3) is 11.8 Å². The number of aryl methyl sites for hydroxylation is 1. The van der Waals surface area contributed by atoms with Gasteiger partial charge in [0.05, 0.1) is 11.3 Å². The van der Waals surface area contributed by atoms with E-state index in [0.717, 1.165) is 43.2 Å². The quantitative estimate of drug-likeness (QED) is 0.764. The summed E-state index contributed by atoms with van der Waals surface area (Å²) in [6.07, 6.45) is 0. The number of hydrogen-bond donors (Lipinski definition) is 0. The summed E-state index contributed by atoms with van der Waals surface area (Å²) < 4.78 is 0. The molecule has 2 aromatic rings. The largest absolute Gasteiger partial charge is 0.364 e. The van der Waals surface area contributed by atoms with E-state index in [1.807, 2.05) is 48.7 Å². The first kappa shape index (κ1) is 17.9. The SMILES string of the molecule is CCN1CCN(C2=C(c3cccs3)C(=O)N(c3ccc(C)cc3)C2=O)CC1. The van der Waals surface area contributed by atoms with Crippen molar-refractivity contribution in [3.8, 4) is 0 Å². The van der Waals surface area contributed by atoms with Crippen LogP contribution in [-0.4, -0.2) is 54.3 Å². The molecule has 2 aliphatic heterocycles. The zero-order valence-electron chi connectivity index (χ0n) is 15.6. The number of nitrogens with zero attached hydrogens (tertiary/aromatic N) is 3. The molecule has 4 rings (SSSR count). The van der Waals surface area contributed by atoms with E-state index in [1.54, 1.807) is 0 Å². The monoisotopic (exact) mass is 381 g/mol. The van der Waals surface area contributed by atoms with Crippen molar-refractivity contribution >= 4 is 34.4 Å². The molecule has 0 N–H and O–H groups in total. The summed E-state index contributed by atoms with van der Waals surface area (Å²) in [5.74, 6) is -0.434. The fourth-order valence-corrected chi connectivity index (χ4v) is 4.43. The highest BCUT2D eigenvalue weighted by molar-refractivity contribution is 7.11. The van der Waals surface area contributed by atoms with E-state index in [2.05, 4.69) is 16.7 Å². The molecular weight excluding hydrogens is 358 g/mol. The normalized spacial score (nSPS) is 18.7. The first-order valence-corrected chi connectivity index (χ1v) is 10.2. The third-order valence-corrected chi connectivity index (χ3v) is 6.14. The van der Waals surface area contributed by atoms with Crippen molar-refractivity contribution in [2.75, 3.05) is 37.6 Å². The van der Waals surface area contributed by atoms with Crippen LogP contribution in [0.2, 0.25) is 0 Å². The second-order valence-electron chi connectivity index (χ2n) is 6.90. The maximum absolute atomic E-state index is 13.4. The van der Waals surface area contributed by atoms with Gasteiger partial charge in [-0.05, 0) is 37.0 Å². The van der Waals surface area contributed by atoms with Crippen molar-refractivity contribution in [3.63, 3.8) is 0 Å². The highest BCUT2D eigenvalue weighted by Gasteiger charge is 2.43. The molecule has 1 fully saturated rings. The number of hydrogen-bond acceptors (Lipinski definition) is 5. The molecule has 0 aliphatic carbocycles. The van der Waals surface area contributed by atoms with Crippen LogP contribution in [0.1, 0.15) is 17.4 Å². The molecule has 140 valence electrons. The van der Waals surface area contributed by atoms with E-state index in [-0.39, 0.29) is 11.8 Å². The van der Waals surface area contributed by atoms with Crippen LogP contribution in [0.4, 0.5) is 5.69 Å². The van der Waals surface area contributed by atoms with E-state index in [9.17, 15) is 9.59 Å². The summed E-state index contributed by atoms with van der Waals surface area (Å²) in [5.41, 5.74) is 2.83. The Labute approximate surface area is 163 Å². The van der Waals surface area contributed by atoms with Crippen molar-refractivity contribution in [2.45, 2.75) is 13.8 Å². The van der Waals surface area contributed by atoms with Gasteiger partial charge in [-0.3, -0.25) is 9.59 Å². The molecule has 0 spiro atoms. The fourth-order valence-electron chi connectivity index (χ4n) is 3.67. The van der Waals surface area contributed by atoms with Crippen molar-refractivity contribution in [1.29, 1.82) is 0 Å². The number of anilines is 1. The number of likely N-dealkylation sites (N-methyl/N-ethyl adjacent to an activating group) is 1. The molecule has 0 atom stereocenters. The minimum atomic E-state index is -0.223. The lowest BCUT2D eigenvalue weighted by atomic mass is 10.1. The molecule has 1 aromatic carbocycles. The average molecular weight is 382 g/mol. The van der Waals surface area contributed by atoms with Crippen molar-refractivity contribution in [2.24, 2.45) is 0 Å². The summed E-state index contributed by atoms with van der Waals surface area (Å²) in [5, 5.41) is 1.95. The van der Waals surface area contributed by atoms with E-state index < -0.39 is 0 Å². The number of imide groups is 1. The van der Waals surface area contributed by atoms with Gasteiger partial charge in [0.15, 0.2) is 0 Å². The molecule has 0 radical (unpaired) electrons. The van der Waals surface area contributed by atoms with Crippen molar-refractivity contribution in [3.05, 3.63) is 57.9 Å². The first-order chi connectivity index (χ1) is 13.1. The Bertz CT molecular complexity index is 879. The Morgan fingerprint density at radius 1 is 0.963 bits per heavy atom. The van der Waals surface area contributed by atoms with Crippen LogP contribution in [0.25, 0.3) is 5.57 Å². The van der Waals surface area contributed by atoms with Crippen LogP contribution in [0, 0.1) is 6.92 Å². The van der Waals surface area contributed by atoms with Gasteiger partial charge < -0.3 is 9.80 Å². The predicted molar refractivity (Wildman–Crippen MR) is 109 cm³/mol. The maximum Gasteiger partial charge on any atom is 0.282 e. The molecule has 2 amide bonds. The minimum absolute atomic E-state index is 0.211. The summed E-state index contributed by atoms with van der Waals surface area (Å²) >= 11 is 1.50. The Hall–Kier alpha value is -2.44. The van der Waals surface area contributed by atoms with Gasteiger partial charge in [0, 0.05) is 31.1 Å². The molecule has 0 bridgehead atoms. The smallest absolute Gasteiger partial charge is 0.282 e. The molecule has 27 heavy (non-hydrogen) atoms. The van der Waals surface area contributed by atoms with Gasteiger partial charge in [-0.2, -0.15) is 0 Å². The van der Waals surface area contributed by atoms with E-state index >= 15 is 0 Å². The van der Waals surface area contributed by atoms with Gasteiger partial charge in [0.2, 0.25) is 0 Å². The third kappa shape index (κ3) is 3.19. The summed E-state index contributed by atoms with van der Waals surface area (Å²) in [4.78, 5) is 33.3. The van der Waals surface area contributed by atoms with Crippen LogP contribution in [-0.2, 0) is 9.59 Å². The van der Waals surface area contributed by atoms with Crippen molar-refractivity contribution in [1.82, 2.24) is 9.80 Å². The Morgan fingerprint density at radius 3 is 2.26 bits per heavy atom. The van der Waals surface area contributed by atoms with Gasteiger partial charge >= 0.3 is 0 Å². The lowest BCUT2D eigenvalue weighted by molar-refractivity contribution is -0.120. The molecule has 1 aromatic heterocycles. The summed E-state index contributed by atoms with van der Waals surface area (Å²) in [6.45, 7) is 8.48. The lowest BCUT2D eigenvalue weighted by Gasteiger charge is -2.35. The average Bonchev–Trinajstić information content (AvgIpc) is 3.29. The van der Waals surface area contributed by atoms with Gasteiger partial charge in [-0.25, -0.2) is 4.90 Å². The lowest BCUT2D eigenvalue weighted by Crippen LogP contribution is -2.47. The molecule has 2 aliphatic rings. The van der Waals surface area contributed by atoms with Crippen LogP contribution >= 0.6 is 11.3 Å². The Kier molecular flexibility index (Phi) is 4.85. The predicted octanol–water partition coefficient (Wildman–Crippen LogP) is 2.98. The Balaban J connectivity index is 1.73. The van der Waals surface area contributed by atoms with Crippen LogP contribution < -0.4 is 4.90 Å². The number of carbonyl (C=O) groups is 2. The summed E-state index contributed by atoms with van der Waals surface area (Å²) in [7, 11) is 0. The molecule has 0 saturated carbocycles. The Morgan fingerprint density at radius 2 is 1.67 bits per heavy atom. The minimum Gasteiger partial charge on any atom is -0.364 e. The molecule has 5 nitrogen and oxygen atoms in total. The van der Waals surface area contributed by atoms with E-state index in [4.69, 9.17) is 0 Å². The summed E-state index contributed by atoms with van der Waals surface area (Å²) in [6, 6.07) is 11.4. The number of piperazine rings is 1. The van der Waals surface area contributed by atoms with E-state index in [1.165, 1.54) is 16.2 Å². The number of rotatable bonds is 4. The topological polar surface area (TPSA) is 43.9 Å². The van der Waals surface area contributed by atoms with Crippen molar-refractivity contribution < 1.29 is 9.59 Å². The second-order valence-corrected chi connectivity index (χ2v) is 7.85. The molecular formula is C21H23N3O2S. The fraction of sp³-hybridized carbons (Fsp3) is 0.333. The standard InChI is InChI=1S/C21H23N3O2S/c1-3-22-10-12-23(13-11-22)19-18(17-5-4-14-27-17)20(25)24(21(19)26)16-8-6-15(2)7-9-16/h4-9,14H,3,10-13H2,1-2H3. The molecule has 1 saturated heterocycles. The van der Waals surface area contributed by atoms with Gasteiger partial charge in [0.1, 0.15) is 5.70 Å². The highest BCUT2D eigenvalue weighted by atomic mass is 32.1.